The van der Waals surface area contributed by atoms with Gasteiger partial charge in [0.25, 0.3) is 0 Å². The molecule has 1 aromatic carbocycles. The van der Waals surface area contributed by atoms with E-state index in [1.165, 1.54) is 6.07 Å². The Morgan fingerprint density at radius 2 is 2.11 bits per heavy atom. The number of sulfonamides is 1. The first-order valence-corrected chi connectivity index (χ1v) is 7.67. The van der Waals surface area contributed by atoms with Crippen LogP contribution in [0.4, 0.5) is 0 Å². The third kappa shape index (κ3) is 2.83. The molecule has 0 bridgehead atoms. The third-order valence-corrected chi connectivity index (χ3v) is 4.70. The van der Waals surface area contributed by atoms with Gasteiger partial charge in [0.05, 0.1) is 16.9 Å². The molecule has 4 nitrogen and oxygen atoms in total. The minimum Gasteiger partial charge on any atom is -0.208 e. The quantitative estimate of drug-likeness (QED) is 0.841. The van der Waals surface area contributed by atoms with E-state index in [-0.39, 0.29) is 16.8 Å². The molecule has 2 rings (SSSR count). The van der Waals surface area contributed by atoms with Gasteiger partial charge < -0.3 is 0 Å². The number of halogens is 1. The van der Waals surface area contributed by atoms with Crippen molar-refractivity contribution in [2.24, 2.45) is 0 Å². The second-order valence-electron chi connectivity index (χ2n) is 4.27. The highest BCUT2D eigenvalue weighted by molar-refractivity contribution is 7.89. The first kappa shape index (κ1) is 13.3. The van der Waals surface area contributed by atoms with Crippen molar-refractivity contribution in [3.05, 3.63) is 29.8 Å². The average Bonchev–Trinajstić information content (AvgIpc) is 3.14. The van der Waals surface area contributed by atoms with Crippen molar-refractivity contribution in [2.45, 2.75) is 29.7 Å². The summed E-state index contributed by atoms with van der Waals surface area (Å²) >= 11 is 5.70. The second kappa shape index (κ2) is 5.27. The summed E-state index contributed by atoms with van der Waals surface area (Å²) in [6.07, 6.45) is 1.75. The van der Waals surface area contributed by atoms with Crippen molar-refractivity contribution in [1.82, 2.24) is 4.72 Å². The summed E-state index contributed by atoms with van der Waals surface area (Å²) in [6, 6.07) is 8.57. The molecular formula is C12H13ClN2O2S. The lowest BCUT2D eigenvalue weighted by Crippen LogP contribution is -2.27. The van der Waals surface area contributed by atoms with Gasteiger partial charge >= 0.3 is 0 Å². The van der Waals surface area contributed by atoms with Crippen LogP contribution in [0, 0.1) is 11.3 Å². The smallest absolute Gasteiger partial charge is 0.208 e. The third-order valence-electron chi connectivity index (χ3n) is 2.79. The SMILES string of the molecule is N#CC(CCl)c1ccccc1S(=O)(=O)NC1CC1. The topological polar surface area (TPSA) is 70.0 Å². The molecule has 1 aromatic rings. The minimum atomic E-state index is -3.55. The van der Waals surface area contributed by atoms with Crippen LogP contribution in [0.15, 0.2) is 29.2 Å². The van der Waals surface area contributed by atoms with Crippen molar-refractivity contribution in [1.29, 1.82) is 5.26 Å². The Labute approximate surface area is 112 Å². The van der Waals surface area contributed by atoms with Crippen LogP contribution in [-0.2, 0) is 10.0 Å². The number of nitrogens with zero attached hydrogens (tertiary/aromatic N) is 1. The molecule has 1 aliphatic carbocycles. The maximum absolute atomic E-state index is 12.2. The Morgan fingerprint density at radius 3 is 2.67 bits per heavy atom. The van der Waals surface area contributed by atoms with Gasteiger partial charge in [-0.15, -0.1) is 11.6 Å². The zero-order valence-electron chi connectivity index (χ0n) is 9.64. The second-order valence-corrected chi connectivity index (χ2v) is 6.26. The van der Waals surface area contributed by atoms with Gasteiger partial charge in [0.1, 0.15) is 0 Å². The number of benzene rings is 1. The highest BCUT2D eigenvalue weighted by Gasteiger charge is 2.30. The monoisotopic (exact) mass is 284 g/mol. The standard InChI is InChI=1S/C12H13ClN2O2S/c13-7-9(8-14)11-3-1-2-4-12(11)18(16,17)15-10-5-6-10/h1-4,9-10,15H,5-7H2. The van der Waals surface area contributed by atoms with Crippen LogP contribution in [0.25, 0.3) is 0 Å². The summed E-state index contributed by atoms with van der Waals surface area (Å²) in [5.74, 6) is -0.537. The van der Waals surface area contributed by atoms with Crippen LogP contribution < -0.4 is 4.72 Å². The van der Waals surface area contributed by atoms with E-state index in [0.29, 0.717) is 5.56 Å². The Kier molecular flexibility index (Phi) is 3.91. The fraction of sp³-hybridized carbons (Fsp3) is 0.417. The van der Waals surface area contributed by atoms with Crippen molar-refractivity contribution in [2.75, 3.05) is 5.88 Å². The number of nitrogens with one attached hydrogen (secondary N) is 1. The van der Waals surface area contributed by atoms with Gasteiger partial charge in [-0.2, -0.15) is 5.26 Å². The predicted octanol–water partition coefficient (Wildman–Crippen LogP) is 1.97. The number of nitriles is 1. The predicted molar refractivity (Wildman–Crippen MR) is 68.9 cm³/mol. The van der Waals surface area contributed by atoms with Gasteiger partial charge in [-0.1, -0.05) is 18.2 Å². The molecular weight excluding hydrogens is 272 g/mol. The Morgan fingerprint density at radius 1 is 1.44 bits per heavy atom. The average molecular weight is 285 g/mol. The van der Waals surface area contributed by atoms with Gasteiger partial charge in [-0.05, 0) is 24.5 Å². The number of rotatable bonds is 5. The molecule has 0 amide bonds. The minimum absolute atomic E-state index is 0.0413. The highest BCUT2D eigenvalue weighted by atomic mass is 35.5. The summed E-state index contributed by atoms with van der Waals surface area (Å²) in [5.41, 5.74) is 0.461. The number of hydrogen-bond acceptors (Lipinski definition) is 3. The molecule has 1 fully saturated rings. The van der Waals surface area contributed by atoms with Gasteiger partial charge in [0.2, 0.25) is 10.0 Å². The first-order chi connectivity index (χ1) is 8.58. The molecule has 1 unspecified atom stereocenters. The molecule has 18 heavy (non-hydrogen) atoms. The largest absolute Gasteiger partial charge is 0.241 e. The van der Waals surface area contributed by atoms with Crippen LogP contribution >= 0.6 is 11.6 Å². The van der Waals surface area contributed by atoms with Crippen molar-refractivity contribution in [3.63, 3.8) is 0 Å². The highest BCUT2D eigenvalue weighted by Crippen LogP contribution is 2.27. The zero-order valence-corrected chi connectivity index (χ0v) is 11.2. The molecule has 0 radical (unpaired) electrons. The molecule has 0 heterocycles. The molecule has 0 aliphatic heterocycles. The normalized spacial score (nSPS) is 17.1. The van der Waals surface area contributed by atoms with Crippen LogP contribution in [0.2, 0.25) is 0 Å². The molecule has 0 spiro atoms. The van der Waals surface area contributed by atoms with Gasteiger partial charge in [0.15, 0.2) is 0 Å². The van der Waals surface area contributed by atoms with Gasteiger partial charge in [0, 0.05) is 11.9 Å². The van der Waals surface area contributed by atoms with Crippen molar-refractivity contribution >= 4 is 21.6 Å². The van der Waals surface area contributed by atoms with Crippen molar-refractivity contribution < 1.29 is 8.42 Å². The Bertz CT molecular complexity index is 576. The molecule has 1 saturated carbocycles. The fourth-order valence-electron chi connectivity index (χ4n) is 1.68. The molecule has 6 heteroatoms. The molecule has 0 saturated heterocycles. The van der Waals surface area contributed by atoms with E-state index in [1.54, 1.807) is 18.2 Å². The summed E-state index contributed by atoms with van der Waals surface area (Å²) in [6.45, 7) is 0. The van der Waals surface area contributed by atoms with Crippen LogP contribution in [-0.4, -0.2) is 20.3 Å². The summed E-state index contributed by atoms with van der Waals surface area (Å²) < 4.78 is 27.0. The number of hydrogen-bond donors (Lipinski definition) is 1. The number of alkyl halides is 1. The molecule has 96 valence electrons. The van der Waals surface area contributed by atoms with Crippen molar-refractivity contribution in [3.8, 4) is 6.07 Å². The molecule has 0 aromatic heterocycles. The maximum atomic E-state index is 12.2. The Hall–Kier alpha value is -1.09. The maximum Gasteiger partial charge on any atom is 0.241 e. The van der Waals surface area contributed by atoms with E-state index in [9.17, 15) is 8.42 Å². The lowest BCUT2D eigenvalue weighted by Gasteiger charge is -2.13. The fourth-order valence-corrected chi connectivity index (χ4v) is 3.50. The zero-order chi connectivity index (χ0) is 13.2. The van der Waals surface area contributed by atoms with E-state index >= 15 is 0 Å². The summed E-state index contributed by atoms with van der Waals surface area (Å²) in [4.78, 5) is 0.157. The molecule has 1 aliphatic rings. The van der Waals surface area contributed by atoms with E-state index in [1.807, 2.05) is 6.07 Å². The summed E-state index contributed by atoms with van der Waals surface area (Å²) in [7, 11) is -3.55. The van der Waals surface area contributed by atoms with E-state index in [0.717, 1.165) is 12.8 Å². The van der Waals surface area contributed by atoms with Gasteiger partial charge in [-0.3, -0.25) is 0 Å². The van der Waals surface area contributed by atoms with E-state index in [2.05, 4.69) is 4.72 Å². The molecule has 1 N–H and O–H groups in total. The van der Waals surface area contributed by atoms with Crippen LogP contribution in [0.5, 0.6) is 0 Å². The van der Waals surface area contributed by atoms with Gasteiger partial charge in [-0.25, -0.2) is 13.1 Å². The Balaban J connectivity index is 2.41. The summed E-state index contributed by atoms with van der Waals surface area (Å²) in [5, 5.41) is 9.01. The van der Waals surface area contributed by atoms with E-state index in [4.69, 9.17) is 16.9 Å². The lowest BCUT2D eigenvalue weighted by atomic mass is 10.0. The molecule has 1 atom stereocenters. The lowest BCUT2D eigenvalue weighted by molar-refractivity contribution is 0.579. The van der Waals surface area contributed by atoms with E-state index < -0.39 is 15.9 Å². The van der Waals surface area contributed by atoms with Crippen LogP contribution in [0.1, 0.15) is 24.3 Å². The van der Waals surface area contributed by atoms with Crippen LogP contribution in [0.3, 0.4) is 0 Å². The first-order valence-electron chi connectivity index (χ1n) is 5.65.